The predicted molar refractivity (Wildman–Crippen MR) is 188 cm³/mol. The highest BCUT2D eigenvalue weighted by Crippen LogP contribution is 2.43. The molecular formula is C37H49N9O2. The van der Waals surface area contributed by atoms with Crippen molar-refractivity contribution in [3.63, 3.8) is 0 Å². The van der Waals surface area contributed by atoms with Crippen molar-refractivity contribution in [1.29, 1.82) is 0 Å². The second-order valence-corrected chi connectivity index (χ2v) is 15.0. The molecule has 1 aromatic carbocycles. The van der Waals surface area contributed by atoms with Gasteiger partial charge in [-0.15, -0.1) is 0 Å². The number of imidazole rings is 1. The molecule has 0 radical (unpaired) electrons. The van der Waals surface area contributed by atoms with Crippen LogP contribution in [-0.2, 0) is 7.05 Å². The third-order valence-electron chi connectivity index (χ3n) is 11.9. The lowest BCUT2D eigenvalue weighted by Crippen LogP contribution is -2.63. The van der Waals surface area contributed by atoms with E-state index >= 15 is 0 Å². The molecular weight excluding hydrogens is 602 g/mol. The first-order chi connectivity index (χ1) is 23.2. The molecule has 4 aromatic rings. The van der Waals surface area contributed by atoms with E-state index in [9.17, 15) is 9.90 Å². The zero-order chi connectivity index (χ0) is 33.0. The van der Waals surface area contributed by atoms with Crippen LogP contribution in [0.4, 0.5) is 11.6 Å². The Morgan fingerprint density at radius 3 is 2.40 bits per heavy atom. The summed E-state index contributed by atoms with van der Waals surface area (Å²) in [5.74, 6) is 0.340. The topological polar surface area (TPSA) is 108 Å². The molecule has 4 aliphatic rings. The fourth-order valence-electron chi connectivity index (χ4n) is 8.67. The van der Waals surface area contributed by atoms with Gasteiger partial charge < -0.3 is 19.5 Å². The average molecular weight is 652 g/mol. The van der Waals surface area contributed by atoms with Crippen molar-refractivity contribution in [2.45, 2.75) is 76.5 Å². The van der Waals surface area contributed by atoms with Crippen LogP contribution in [0.1, 0.15) is 73.5 Å². The molecule has 8 rings (SSSR count). The van der Waals surface area contributed by atoms with Crippen LogP contribution in [0.5, 0.6) is 0 Å². The van der Waals surface area contributed by atoms with Gasteiger partial charge in [-0.1, -0.05) is 0 Å². The number of fused-ring (bicyclic) bond motifs is 1. The summed E-state index contributed by atoms with van der Waals surface area (Å²) in [4.78, 5) is 31.0. The van der Waals surface area contributed by atoms with E-state index < -0.39 is 0 Å². The van der Waals surface area contributed by atoms with E-state index in [2.05, 4.69) is 59.9 Å². The number of aliphatic hydroxyl groups is 1. The minimum absolute atomic E-state index is 0.152. The molecule has 254 valence electrons. The Labute approximate surface area is 282 Å². The van der Waals surface area contributed by atoms with E-state index in [1.165, 1.54) is 57.5 Å². The average Bonchev–Trinajstić information content (AvgIpc) is 3.62. The number of hydrogen-bond acceptors (Lipinski definition) is 8. The lowest BCUT2D eigenvalue weighted by atomic mass is 9.71. The molecule has 11 heteroatoms. The monoisotopic (exact) mass is 651 g/mol. The van der Waals surface area contributed by atoms with Gasteiger partial charge >= 0.3 is 0 Å². The molecule has 1 amide bonds. The number of nitrogens with zero attached hydrogens (tertiary/aromatic N) is 8. The van der Waals surface area contributed by atoms with E-state index in [-0.39, 0.29) is 18.1 Å². The van der Waals surface area contributed by atoms with Crippen molar-refractivity contribution in [3.05, 3.63) is 54.0 Å². The Hall–Kier alpha value is -3.80. The highest BCUT2D eigenvalue weighted by atomic mass is 16.3. The number of anilines is 2. The molecule has 48 heavy (non-hydrogen) atoms. The van der Waals surface area contributed by atoms with E-state index in [0.29, 0.717) is 28.7 Å². The number of likely N-dealkylation sites (tertiary alicyclic amines) is 2. The zero-order valence-corrected chi connectivity index (χ0v) is 28.6. The molecule has 3 aliphatic heterocycles. The van der Waals surface area contributed by atoms with Crippen molar-refractivity contribution in [2.75, 3.05) is 56.5 Å². The molecule has 0 bridgehead atoms. The summed E-state index contributed by atoms with van der Waals surface area (Å²) in [6.45, 7) is 9.15. The van der Waals surface area contributed by atoms with E-state index in [4.69, 9.17) is 4.98 Å². The van der Waals surface area contributed by atoms with Crippen LogP contribution in [0.25, 0.3) is 22.3 Å². The number of rotatable bonds is 6. The SMILES string of the molecule is Cc1c(-c2cc(C(=O)Nc3nc4ccc(N5CCC(N6CC7(CCN(C)CC7)C6)CC5)cc4n3C3CCC(O)CC3)ccn2)cnn1C. The van der Waals surface area contributed by atoms with Gasteiger partial charge in [0.05, 0.1) is 29.0 Å². The molecule has 11 nitrogen and oxygen atoms in total. The van der Waals surface area contributed by atoms with Gasteiger partial charge in [0.1, 0.15) is 0 Å². The van der Waals surface area contributed by atoms with Crippen LogP contribution in [0, 0.1) is 12.3 Å². The Morgan fingerprint density at radius 1 is 0.938 bits per heavy atom. The summed E-state index contributed by atoms with van der Waals surface area (Å²) in [6.07, 6.45) is 11.5. The van der Waals surface area contributed by atoms with Gasteiger partial charge in [0.2, 0.25) is 5.95 Å². The minimum atomic E-state index is -0.266. The predicted octanol–water partition coefficient (Wildman–Crippen LogP) is 4.86. The van der Waals surface area contributed by atoms with Gasteiger partial charge in [-0.2, -0.15) is 5.10 Å². The number of carbonyl (C=O) groups excluding carboxylic acids is 1. The highest BCUT2D eigenvalue weighted by Gasteiger charge is 2.46. The maximum atomic E-state index is 13.7. The van der Waals surface area contributed by atoms with E-state index in [1.807, 2.05) is 20.0 Å². The van der Waals surface area contributed by atoms with E-state index in [1.54, 1.807) is 23.1 Å². The van der Waals surface area contributed by atoms with Crippen molar-refractivity contribution < 1.29 is 9.90 Å². The van der Waals surface area contributed by atoms with Crippen LogP contribution >= 0.6 is 0 Å². The Morgan fingerprint density at radius 2 is 1.69 bits per heavy atom. The van der Waals surface area contributed by atoms with Crippen molar-refractivity contribution in [2.24, 2.45) is 12.5 Å². The van der Waals surface area contributed by atoms with Crippen LogP contribution in [-0.4, -0.2) is 104 Å². The second kappa shape index (κ2) is 12.6. The third kappa shape index (κ3) is 5.90. The van der Waals surface area contributed by atoms with Gasteiger partial charge in [0.25, 0.3) is 5.91 Å². The molecule has 0 atom stereocenters. The molecule has 4 fully saturated rings. The first-order valence-corrected chi connectivity index (χ1v) is 17.9. The third-order valence-corrected chi connectivity index (χ3v) is 11.9. The fraction of sp³-hybridized carbons (Fsp3) is 0.568. The molecule has 2 N–H and O–H groups in total. The lowest BCUT2D eigenvalue weighted by molar-refractivity contribution is -0.0704. The first kappa shape index (κ1) is 31.5. The van der Waals surface area contributed by atoms with Crippen LogP contribution in [0.3, 0.4) is 0 Å². The number of aliphatic hydroxyl groups excluding tert-OH is 1. The minimum Gasteiger partial charge on any atom is -0.393 e. The number of pyridine rings is 1. The smallest absolute Gasteiger partial charge is 0.258 e. The molecule has 3 aromatic heterocycles. The van der Waals surface area contributed by atoms with Crippen LogP contribution in [0.15, 0.2) is 42.7 Å². The molecule has 1 aliphatic carbocycles. The van der Waals surface area contributed by atoms with E-state index in [0.717, 1.165) is 61.1 Å². The Kier molecular flexibility index (Phi) is 8.25. The molecule has 3 saturated heterocycles. The van der Waals surface area contributed by atoms with Gasteiger partial charge in [0.15, 0.2) is 0 Å². The van der Waals surface area contributed by atoms with Gasteiger partial charge in [0, 0.05) is 74.0 Å². The number of piperidine rings is 2. The number of benzene rings is 1. The lowest BCUT2D eigenvalue weighted by Gasteiger charge is -2.57. The maximum Gasteiger partial charge on any atom is 0.258 e. The highest BCUT2D eigenvalue weighted by molar-refractivity contribution is 6.04. The number of aryl methyl sites for hydroxylation is 1. The van der Waals surface area contributed by atoms with Gasteiger partial charge in [-0.05, 0) is 114 Å². The summed E-state index contributed by atoms with van der Waals surface area (Å²) in [5.41, 5.74) is 6.84. The second-order valence-electron chi connectivity index (χ2n) is 15.0. The van der Waals surface area contributed by atoms with Crippen molar-refractivity contribution >= 4 is 28.6 Å². The van der Waals surface area contributed by atoms with Gasteiger partial charge in [-0.25, -0.2) is 4.98 Å². The molecule has 1 spiro atoms. The normalized spacial score (nSPS) is 23.9. The summed E-state index contributed by atoms with van der Waals surface area (Å²) in [5, 5.41) is 17.8. The van der Waals surface area contributed by atoms with Crippen LogP contribution < -0.4 is 10.2 Å². The fourth-order valence-corrected chi connectivity index (χ4v) is 8.67. The molecule has 1 saturated carbocycles. The first-order valence-electron chi connectivity index (χ1n) is 17.9. The molecule has 6 heterocycles. The number of hydrogen-bond donors (Lipinski definition) is 2. The standard InChI is InChI=1S/C37H49N9O2/c1-25-31(22-39-43(25)3)33-20-26(10-15-38-33)35(48)41-36-40-32-9-6-29(21-34(32)46(36)28-4-7-30(47)8-5-28)44-16-11-27(12-17-44)45-23-37(24-45)13-18-42(2)19-14-37/h6,9-10,15,20-22,27-28,30,47H,4-5,7-8,11-14,16-19,23-24H2,1-3H3,(H,40,41,48). The Balaban J connectivity index is 1.01. The zero-order valence-electron chi connectivity index (χ0n) is 28.6. The number of carbonyl (C=O) groups is 1. The number of nitrogens with one attached hydrogen (secondary N) is 1. The van der Waals surface area contributed by atoms with Crippen molar-refractivity contribution in [1.82, 2.24) is 34.1 Å². The summed E-state index contributed by atoms with van der Waals surface area (Å²) in [7, 11) is 4.15. The number of aromatic nitrogens is 5. The van der Waals surface area contributed by atoms with Gasteiger partial charge in [-0.3, -0.25) is 24.7 Å². The summed E-state index contributed by atoms with van der Waals surface area (Å²) < 4.78 is 4.03. The summed E-state index contributed by atoms with van der Waals surface area (Å²) >= 11 is 0. The Bertz CT molecular complexity index is 1780. The van der Waals surface area contributed by atoms with Crippen LogP contribution in [0.2, 0.25) is 0 Å². The maximum absolute atomic E-state index is 13.7. The quantitative estimate of drug-likeness (QED) is 0.305. The van der Waals surface area contributed by atoms with Crippen molar-refractivity contribution in [3.8, 4) is 11.3 Å². The summed E-state index contributed by atoms with van der Waals surface area (Å²) in [6, 6.07) is 11.0. The number of amides is 1. The largest absolute Gasteiger partial charge is 0.393 e. The molecule has 0 unspecified atom stereocenters.